The zero-order valence-electron chi connectivity index (χ0n) is 14.9. The largest absolute Gasteiger partial charge is 0.372 e. The van der Waals surface area contributed by atoms with Crippen LogP contribution in [0.15, 0.2) is 59.7 Å². The molecule has 5 heteroatoms. The van der Waals surface area contributed by atoms with E-state index in [-0.39, 0.29) is 0 Å². The first-order valence-corrected chi connectivity index (χ1v) is 9.09. The standard InChI is InChI=1S/C20H26N4S/c1-3-24(4-2)19-12-10-18(11-13-19)16-22-23-20(25)21-15-14-17-8-6-5-7-9-17/h5-13,16H,3-4,14-15H2,1-2H3,(H2,21,23,25)/b22-16+. The summed E-state index contributed by atoms with van der Waals surface area (Å²) >= 11 is 5.23. The van der Waals surface area contributed by atoms with E-state index in [9.17, 15) is 0 Å². The van der Waals surface area contributed by atoms with E-state index in [1.54, 1.807) is 6.21 Å². The summed E-state index contributed by atoms with van der Waals surface area (Å²) in [6.07, 6.45) is 2.70. The number of nitrogens with zero attached hydrogens (tertiary/aromatic N) is 2. The monoisotopic (exact) mass is 354 g/mol. The van der Waals surface area contributed by atoms with Crippen molar-refractivity contribution >= 4 is 29.2 Å². The Morgan fingerprint density at radius 1 is 1.04 bits per heavy atom. The molecule has 0 aliphatic heterocycles. The molecule has 0 radical (unpaired) electrons. The lowest BCUT2D eigenvalue weighted by Crippen LogP contribution is -2.33. The van der Waals surface area contributed by atoms with E-state index in [2.05, 4.69) is 71.0 Å². The quantitative estimate of drug-likeness (QED) is 0.432. The molecule has 4 nitrogen and oxygen atoms in total. The molecule has 0 atom stereocenters. The van der Waals surface area contributed by atoms with Gasteiger partial charge in [0.2, 0.25) is 0 Å². The zero-order chi connectivity index (χ0) is 17.9. The predicted octanol–water partition coefficient (Wildman–Crippen LogP) is 3.57. The van der Waals surface area contributed by atoms with Crippen LogP contribution in [-0.4, -0.2) is 31.0 Å². The van der Waals surface area contributed by atoms with Crippen LogP contribution in [0, 0.1) is 0 Å². The Balaban J connectivity index is 1.73. The fourth-order valence-electron chi connectivity index (χ4n) is 2.53. The Bertz CT molecular complexity index is 664. The highest BCUT2D eigenvalue weighted by Crippen LogP contribution is 2.13. The van der Waals surface area contributed by atoms with E-state index in [0.717, 1.165) is 31.6 Å². The van der Waals surface area contributed by atoms with Crippen LogP contribution in [-0.2, 0) is 6.42 Å². The summed E-state index contributed by atoms with van der Waals surface area (Å²) in [7, 11) is 0. The maximum Gasteiger partial charge on any atom is 0.186 e. The third-order valence-corrected chi connectivity index (χ3v) is 4.18. The number of anilines is 1. The first kappa shape index (κ1) is 18.9. The second-order valence-electron chi connectivity index (χ2n) is 5.63. The maximum atomic E-state index is 5.23. The van der Waals surface area contributed by atoms with Gasteiger partial charge in [-0.3, -0.25) is 5.43 Å². The SMILES string of the molecule is CCN(CC)c1ccc(/C=N/NC(=S)NCCc2ccccc2)cc1. The molecule has 2 aromatic rings. The number of hydrogen-bond donors (Lipinski definition) is 2. The van der Waals surface area contributed by atoms with Gasteiger partial charge in [-0.05, 0) is 55.7 Å². The van der Waals surface area contributed by atoms with E-state index in [4.69, 9.17) is 12.2 Å². The maximum absolute atomic E-state index is 5.23. The fraction of sp³-hybridized carbons (Fsp3) is 0.300. The minimum absolute atomic E-state index is 0.534. The normalized spacial score (nSPS) is 10.6. The van der Waals surface area contributed by atoms with Gasteiger partial charge in [-0.1, -0.05) is 42.5 Å². The molecule has 0 bridgehead atoms. The number of rotatable bonds is 8. The molecule has 0 amide bonds. The number of nitrogens with one attached hydrogen (secondary N) is 2. The Hall–Kier alpha value is -2.40. The minimum Gasteiger partial charge on any atom is -0.372 e. The Labute approximate surface area is 155 Å². The molecular weight excluding hydrogens is 328 g/mol. The topological polar surface area (TPSA) is 39.7 Å². The molecule has 2 rings (SSSR count). The smallest absolute Gasteiger partial charge is 0.186 e. The molecule has 0 aromatic heterocycles. The van der Waals surface area contributed by atoms with Crippen molar-refractivity contribution in [3.05, 3.63) is 65.7 Å². The van der Waals surface area contributed by atoms with Crippen molar-refractivity contribution in [2.24, 2.45) is 5.10 Å². The van der Waals surface area contributed by atoms with Crippen molar-refractivity contribution in [2.75, 3.05) is 24.5 Å². The van der Waals surface area contributed by atoms with Gasteiger partial charge in [-0.25, -0.2) is 0 Å². The first-order chi connectivity index (χ1) is 12.2. The molecule has 25 heavy (non-hydrogen) atoms. The zero-order valence-corrected chi connectivity index (χ0v) is 15.7. The molecule has 0 aliphatic carbocycles. The first-order valence-electron chi connectivity index (χ1n) is 8.68. The van der Waals surface area contributed by atoms with E-state index in [0.29, 0.717) is 5.11 Å². The molecule has 0 unspecified atom stereocenters. The van der Waals surface area contributed by atoms with Gasteiger partial charge in [0.1, 0.15) is 0 Å². The second kappa shape index (κ2) is 10.5. The molecular formula is C20H26N4S. The molecule has 0 saturated carbocycles. The highest BCUT2D eigenvalue weighted by atomic mass is 32.1. The molecule has 0 spiro atoms. The molecule has 0 fully saturated rings. The van der Waals surface area contributed by atoms with Gasteiger partial charge in [0, 0.05) is 25.3 Å². The van der Waals surface area contributed by atoms with Crippen molar-refractivity contribution in [1.82, 2.24) is 10.7 Å². The summed E-state index contributed by atoms with van der Waals surface area (Å²) < 4.78 is 0. The minimum atomic E-state index is 0.534. The van der Waals surface area contributed by atoms with Gasteiger partial charge in [-0.15, -0.1) is 0 Å². The van der Waals surface area contributed by atoms with E-state index < -0.39 is 0 Å². The average molecular weight is 355 g/mol. The molecule has 0 aliphatic rings. The molecule has 2 N–H and O–H groups in total. The van der Waals surface area contributed by atoms with Gasteiger partial charge in [0.25, 0.3) is 0 Å². The van der Waals surface area contributed by atoms with Gasteiger partial charge >= 0.3 is 0 Å². The molecule has 2 aromatic carbocycles. The Morgan fingerprint density at radius 3 is 2.36 bits per heavy atom. The lowest BCUT2D eigenvalue weighted by atomic mass is 10.1. The van der Waals surface area contributed by atoms with Crippen molar-refractivity contribution in [2.45, 2.75) is 20.3 Å². The fourth-order valence-corrected chi connectivity index (χ4v) is 2.68. The van der Waals surface area contributed by atoms with Crippen molar-refractivity contribution in [3.8, 4) is 0 Å². The average Bonchev–Trinajstić information content (AvgIpc) is 2.65. The Morgan fingerprint density at radius 2 is 1.72 bits per heavy atom. The highest BCUT2D eigenvalue weighted by molar-refractivity contribution is 7.80. The summed E-state index contributed by atoms with van der Waals surface area (Å²) in [4.78, 5) is 2.31. The molecule has 0 saturated heterocycles. The predicted molar refractivity (Wildman–Crippen MR) is 111 cm³/mol. The number of benzene rings is 2. The molecule has 132 valence electrons. The number of hydrogen-bond acceptors (Lipinski definition) is 3. The van der Waals surface area contributed by atoms with E-state index in [1.807, 2.05) is 18.2 Å². The van der Waals surface area contributed by atoms with Crippen LogP contribution in [0.3, 0.4) is 0 Å². The van der Waals surface area contributed by atoms with E-state index in [1.165, 1.54) is 11.3 Å². The van der Waals surface area contributed by atoms with Crippen molar-refractivity contribution in [1.29, 1.82) is 0 Å². The van der Waals surface area contributed by atoms with Gasteiger partial charge in [0.05, 0.1) is 6.21 Å². The summed E-state index contributed by atoms with van der Waals surface area (Å²) in [5, 5.41) is 7.88. The third-order valence-electron chi connectivity index (χ3n) is 3.94. The van der Waals surface area contributed by atoms with Crippen LogP contribution >= 0.6 is 12.2 Å². The Kier molecular flexibility index (Phi) is 7.92. The number of hydrazone groups is 1. The van der Waals surface area contributed by atoms with Crippen LogP contribution in [0.25, 0.3) is 0 Å². The summed E-state index contributed by atoms with van der Waals surface area (Å²) in [5.74, 6) is 0. The van der Waals surface area contributed by atoms with Gasteiger partial charge in [-0.2, -0.15) is 5.10 Å². The van der Waals surface area contributed by atoms with Crippen molar-refractivity contribution in [3.63, 3.8) is 0 Å². The van der Waals surface area contributed by atoms with Crippen LogP contribution in [0.5, 0.6) is 0 Å². The van der Waals surface area contributed by atoms with Crippen LogP contribution in [0.4, 0.5) is 5.69 Å². The van der Waals surface area contributed by atoms with Gasteiger partial charge in [0.15, 0.2) is 5.11 Å². The van der Waals surface area contributed by atoms with Crippen molar-refractivity contribution < 1.29 is 0 Å². The lowest BCUT2D eigenvalue weighted by Gasteiger charge is -2.20. The van der Waals surface area contributed by atoms with Crippen LogP contribution in [0.1, 0.15) is 25.0 Å². The molecule has 0 heterocycles. The summed E-state index contributed by atoms with van der Waals surface area (Å²) in [5.41, 5.74) is 6.41. The second-order valence-corrected chi connectivity index (χ2v) is 6.03. The highest BCUT2D eigenvalue weighted by Gasteiger charge is 2.00. The van der Waals surface area contributed by atoms with E-state index >= 15 is 0 Å². The number of thiocarbonyl (C=S) groups is 1. The summed E-state index contributed by atoms with van der Waals surface area (Å²) in [6, 6.07) is 18.7. The van der Waals surface area contributed by atoms with Crippen LogP contribution in [0.2, 0.25) is 0 Å². The third kappa shape index (κ3) is 6.55. The van der Waals surface area contributed by atoms with Gasteiger partial charge < -0.3 is 10.2 Å². The van der Waals surface area contributed by atoms with Crippen LogP contribution < -0.4 is 15.6 Å². The summed E-state index contributed by atoms with van der Waals surface area (Å²) in [6.45, 7) is 7.12. The lowest BCUT2D eigenvalue weighted by molar-refractivity contribution is 0.838.